The lowest BCUT2D eigenvalue weighted by atomic mass is 9.86. The molecule has 2 fully saturated rings. The maximum atomic E-state index is 13.3. The molecular weight excluding hydrogens is 336 g/mol. The monoisotopic (exact) mass is 352 g/mol. The zero-order valence-electron chi connectivity index (χ0n) is 12.3. The van der Waals surface area contributed by atoms with Crippen molar-refractivity contribution in [3.63, 3.8) is 0 Å². The van der Waals surface area contributed by atoms with Gasteiger partial charge in [-0.05, 0) is 37.6 Å². The molecule has 1 spiro atoms. The third-order valence-corrected chi connectivity index (χ3v) is 4.58. The van der Waals surface area contributed by atoms with Crippen molar-refractivity contribution in [2.75, 3.05) is 26.2 Å². The first kappa shape index (κ1) is 18.0. The molecule has 0 radical (unpaired) electrons. The fourth-order valence-corrected chi connectivity index (χ4v) is 3.31. The third kappa shape index (κ3) is 3.45. The van der Waals surface area contributed by atoms with E-state index in [4.69, 9.17) is 0 Å². The topological polar surface area (TPSA) is 32.3 Å². The predicted molar refractivity (Wildman–Crippen MR) is 79.1 cm³/mol. The van der Waals surface area contributed by atoms with Crippen molar-refractivity contribution in [1.82, 2.24) is 10.2 Å². The average molecular weight is 353 g/mol. The van der Waals surface area contributed by atoms with Crippen LogP contribution in [0.25, 0.3) is 0 Å². The van der Waals surface area contributed by atoms with Gasteiger partial charge in [0.1, 0.15) is 5.82 Å². The van der Waals surface area contributed by atoms with E-state index >= 15 is 0 Å². The van der Waals surface area contributed by atoms with Crippen molar-refractivity contribution in [2.24, 2.45) is 5.41 Å². The van der Waals surface area contributed by atoms with Gasteiger partial charge in [0.05, 0.1) is 5.56 Å². The smallest absolute Gasteiger partial charge is 0.338 e. The quantitative estimate of drug-likeness (QED) is 0.788. The second kappa shape index (κ2) is 6.28. The summed E-state index contributed by atoms with van der Waals surface area (Å²) in [5, 5.41) is 3.25. The molecule has 3 rings (SSSR count). The Morgan fingerprint density at radius 1 is 1.26 bits per heavy atom. The largest absolute Gasteiger partial charge is 0.419 e. The molecule has 1 amide bonds. The number of halogens is 5. The molecule has 2 saturated heterocycles. The van der Waals surface area contributed by atoms with Crippen LogP contribution < -0.4 is 5.32 Å². The Labute approximate surface area is 137 Å². The van der Waals surface area contributed by atoms with Crippen LogP contribution in [0.3, 0.4) is 0 Å². The molecule has 1 N–H and O–H groups in total. The summed E-state index contributed by atoms with van der Waals surface area (Å²) in [6.45, 7) is 2.79. The average Bonchev–Trinajstić information content (AvgIpc) is 3.08. The molecule has 23 heavy (non-hydrogen) atoms. The van der Waals surface area contributed by atoms with Crippen molar-refractivity contribution in [3.05, 3.63) is 35.1 Å². The van der Waals surface area contributed by atoms with Gasteiger partial charge in [0.25, 0.3) is 5.91 Å². The number of carbonyl (C=O) groups excluding carboxylic acids is 1. The van der Waals surface area contributed by atoms with Gasteiger partial charge in [0.15, 0.2) is 0 Å². The minimum atomic E-state index is -4.80. The second-order valence-corrected chi connectivity index (χ2v) is 6.10. The van der Waals surface area contributed by atoms with Crippen molar-refractivity contribution < 1.29 is 22.4 Å². The molecule has 1 atom stereocenters. The standard InChI is InChI=1S/C15H16F4N2O.ClH/c16-12-2-1-10(7-11(12)15(17,18)19)13(22)21-6-4-14(9-21)3-5-20-8-14;/h1-2,7,20H,3-6,8-9H2;1H. The zero-order chi connectivity index (χ0) is 16.0. The predicted octanol–water partition coefficient (Wildman–Crippen LogP) is 3.09. The van der Waals surface area contributed by atoms with Gasteiger partial charge in [-0.2, -0.15) is 13.2 Å². The summed E-state index contributed by atoms with van der Waals surface area (Å²) in [6, 6.07) is 2.43. The Morgan fingerprint density at radius 3 is 2.61 bits per heavy atom. The summed E-state index contributed by atoms with van der Waals surface area (Å²) in [6.07, 6.45) is -2.99. The Kier molecular flexibility index (Phi) is 4.92. The second-order valence-electron chi connectivity index (χ2n) is 6.10. The van der Waals surface area contributed by atoms with Gasteiger partial charge in [-0.25, -0.2) is 4.39 Å². The van der Waals surface area contributed by atoms with Gasteiger partial charge < -0.3 is 10.2 Å². The van der Waals surface area contributed by atoms with E-state index in [-0.39, 0.29) is 23.4 Å². The van der Waals surface area contributed by atoms with E-state index < -0.39 is 23.5 Å². The third-order valence-electron chi connectivity index (χ3n) is 4.58. The number of nitrogens with one attached hydrogen (secondary N) is 1. The number of alkyl halides is 3. The molecule has 0 saturated carbocycles. The van der Waals surface area contributed by atoms with Crippen LogP contribution in [0.2, 0.25) is 0 Å². The number of hydrogen-bond donors (Lipinski definition) is 1. The van der Waals surface area contributed by atoms with Crippen LogP contribution in [0.5, 0.6) is 0 Å². The fraction of sp³-hybridized carbons (Fsp3) is 0.533. The van der Waals surface area contributed by atoms with Crippen LogP contribution in [0.15, 0.2) is 18.2 Å². The lowest BCUT2D eigenvalue weighted by Gasteiger charge is -2.23. The van der Waals surface area contributed by atoms with E-state index in [2.05, 4.69) is 5.32 Å². The van der Waals surface area contributed by atoms with Gasteiger partial charge in [-0.15, -0.1) is 12.4 Å². The SMILES string of the molecule is Cl.O=C(c1ccc(F)c(C(F)(F)F)c1)N1CCC2(CCNC2)C1. The van der Waals surface area contributed by atoms with E-state index in [0.29, 0.717) is 25.2 Å². The number of hydrogen-bond acceptors (Lipinski definition) is 2. The number of amides is 1. The number of likely N-dealkylation sites (tertiary alicyclic amines) is 1. The van der Waals surface area contributed by atoms with Gasteiger partial charge in [0, 0.05) is 30.6 Å². The van der Waals surface area contributed by atoms with Crippen molar-refractivity contribution in [1.29, 1.82) is 0 Å². The number of carbonyl (C=O) groups is 1. The molecule has 0 aromatic heterocycles. The van der Waals surface area contributed by atoms with Gasteiger partial charge in [0.2, 0.25) is 0 Å². The Hall–Kier alpha value is -1.34. The lowest BCUT2D eigenvalue weighted by molar-refractivity contribution is -0.140. The maximum absolute atomic E-state index is 13.3. The highest BCUT2D eigenvalue weighted by atomic mass is 35.5. The van der Waals surface area contributed by atoms with Crippen LogP contribution in [0.1, 0.15) is 28.8 Å². The van der Waals surface area contributed by atoms with E-state index in [1.165, 1.54) is 0 Å². The first-order chi connectivity index (χ1) is 10.3. The molecule has 3 nitrogen and oxygen atoms in total. The zero-order valence-corrected chi connectivity index (χ0v) is 13.1. The minimum absolute atomic E-state index is 0. The fourth-order valence-electron chi connectivity index (χ4n) is 3.31. The summed E-state index contributed by atoms with van der Waals surface area (Å²) in [5.74, 6) is -1.82. The molecule has 0 bridgehead atoms. The van der Waals surface area contributed by atoms with Crippen molar-refractivity contribution in [3.8, 4) is 0 Å². The Bertz CT molecular complexity index is 600. The van der Waals surface area contributed by atoms with Gasteiger partial charge in [-0.1, -0.05) is 0 Å². The Balaban J connectivity index is 0.00000192. The van der Waals surface area contributed by atoms with Crippen LogP contribution in [-0.4, -0.2) is 37.0 Å². The molecule has 1 unspecified atom stereocenters. The van der Waals surface area contributed by atoms with Crippen LogP contribution in [0.4, 0.5) is 17.6 Å². The molecule has 1 aromatic rings. The van der Waals surface area contributed by atoms with Crippen LogP contribution in [0, 0.1) is 11.2 Å². The minimum Gasteiger partial charge on any atom is -0.338 e. The van der Waals surface area contributed by atoms with E-state index in [1.54, 1.807) is 4.90 Å². The molecular formula is C15H17ClF4N2O. The molecule has 128 valence electrons. The van der Waals surface area contributed by atoms with E-state index in [1.807, 2.05) is 0 Å². The molecule has 2 aliphatic heterocycles. The molecule has 2 heterocycles. The first-order valence-electron chi connectivity index (χ1n) is 7.18. The highest BCUT2D eigenvalue weighted by Crippen LogP contribution is 2.37. The summed E-state index contributed by atoms with van der Waals surface area (Å²) < 4.78 is 51.5. The lowest BCUT2D eigenvalue weighted by Crippen LogP contribution is -2.33. The number of nitrogens with zero attached hydrogens (tertiary/aromatic N) is 1. The summed E-state index contributed by atoms with van der Waals surface area (Å²) in [4.78, 5) is 14.0. The Morgan fingerprint density at radius 2 is 2.00 bits per heavy atom. The highest BCUT2D eigenvalue weighted by Gasteiger charge is 2.42. The van der Waals surface area contributed by atoms with Gasteiger partial charge >= 0.3 is 6.18 Å². The summed E-state index contributed by atoms with van der Waals surface area (Å²) in [5.41, 5.74) is -1.46. The van der Waals surface area contributed by atoms with Crippen LogP contribution in [-0.2, 0) is 6.18 Å². The maximum Gasteiger partial charge on any atom is 0.419 e. The van der Waals surface area contributed by atoms with Crippen molar-refractivity contribution >= 4 is 18.3 Å². The summed E-state index contributed by atoms with van der Waals surface area (Å²) in [7, 11) is 0. The number of benzene rings is 1. The first-order valence-corrected chi connectivity index (χ1v) is 7.18. The van der Waals surface area contributed by atoms with Crippen molar-refractivity contribution in [2.45, 2.75) is 19.0 Å². The highest BCUT2D eigenvalue weighted by molar-refractivity contribution is 5.94. The van der Waals surface area contributed by atoms with Crippen LogP contribution >= 0.6 is 12.4 Å². The molecule has 1 aromatic carbocycles. The molecule has 2 aliphatic rings. The number of rotatable bonds is 1. The van der Waals surface area contributed by atoms with Gasteiger partial charge in [-0.3, -0.25) is 4.79 Å². The molecule has 0 aliphatic carbocycles. The van der Waals surface area contributed by atoms with E-state index in [0.717, 1.165) is 32.0 Å². The normalized spacial score (nSPS) is 24.1. The molecule has 8 heteroatoms. The van der Waals surface area contributed by atoms with E-state index in [9.17, 15) is 22.4 Å². The summed E-state index contributed by atoms with van der Waals surface area (Å²) >= 11 is 0.